The molecule has 0 aromatic carbocycles. The van der Waals surface area contributed by atoms with Crippen LogP contribution in [0.4, 0.5) is 0 Å². The van der Waals surface area contributed by atoms with E-state index in [0.29, 0.717) is 18.7 Å². The maximum atomic E-state index is 10.9. The highest BCUT2D eigenvalue weighted by Crippen LogP contribution is 2.21. The molecule has 1 saturated heterocycles. The van der Waals surface area contributed by atoms with Gasteiger partial charge in [0.05, 0.1) is 17.9 Å². The maximum absolute atomic E-state index is 10.9. The van der Waals surface area contributed by atoms with E-state index in [1.807, 2.05) is 18.2 Å². The Hall–Kier alpha value is -2.28. The van der Waals surface area contributed by atoms with Crippen LogP contribution in [0.1, 0.15) is 12.5 Å². The van der Waals surface area contributed by atoms with Crippen molar-refractivity contribution in [3.8, 4) is 11.4 Å². The number of hydrogen-bond donors (Lipinski definition) is 2. The van der Waals surface area contributed by atoms with Crippen molar-refractivity contribution in [1.82, 2.24) is 25.3 Å². The summed E-state index contributed by atoms with van der Waals surface area (Å²) in [5, 5.41) is 20.0. The van der Waals surface area contributed by atoms with Gasteiger partial charge in [0.2, 0.25) is 0 Å². The van der Waals surface area contributed by atoms with Gasteiger partial charge in [0, 0.05) is 12.7 Å². The van der Waals surface area contributed by atoms with E-state index in [1.54, 1.807) is 17.1 Å². The zero-order valence-electron chi connectivity index (χ0n) is 10.1. The maximum Gasteiger partial charge on any atom is 0.320 e. The van der Waals surface area contributed by atoms with Gasteiger partial charge in [0.25, 0.3) is 0 Å². The molecule has 2 aromatic heterocycles. The first-order chi connectivity index (χ1) is 9.24. The van der Waals surface area contributed by atoms with Gasteiger partial charge in [0.1, 0.15) is 11.7 Å². The smallest absolute Gasteiger partial charge is 0.320 e. The van der Waals surface area contributed by atoms with Crippen LogP contribution in [0.5, 0.6) is 0 Å². The number of carboxylic acids is 1. The minimum Gasteiger partial charge on any atom is -0.480 e. The molecule has 7 heteroatoms. The molecule has 2 N–H and O–H groups in total. The standard InChI is InChI=1S/C12H13N5O2/c18-12(19)10-5-8(6-14-10)17-7-11(15-16-17)9-3-1-2-4-13-9/h1-4,7-8,10,14H,5-6H2,(H,18,19)/t8-,10-/m0/s1. The van der Waals surface area contributed by atoms with Crippen molar-refractivity contribution in [2.45, 2.75) is 18.5 Å². The van der Waals surface area contributed by atoms with E-state index in [4.69, 9.17) is 5.11 Å². The Kier molecular flexibility index (Phi) is 2.96. The Morgan fingerprint density at radius 2 is 2.32 bits per heavy atom. The van der Waals surface area contributed by atoms with Crippen molar-refractivity contribution in [3.05, 3.63) is 30.6 Å². The van der Waals surface area contributed by atoms with Gasteiger partial charge in [-0.2, -0.15) is 0 Å². The predicted octanol–water partition coefficient (Wildman–Crippen LogP) is 0.328. The second-order valence-electron chi connectivity index (χ2n) is 4.49. The fraction of sp³-hybridized carbons (Fsp3) is 0.333. The number of pyridine rings is 1. The average Bonchev–Trinajstić information content (AvgIpc) is 3.09. The van der Waals surface area contributed by atoms with Crippen molar-refractivity contribution in [3.63, 3.8) is 0 Å². The minimum atomic E-state index is -0.826. The lowest BCUT2D eigenvalue weighted by molar-refractivity contribution is -0.139. The number of carboxylic acid groups (broad SMARTS) is 1. The molecule has 1 aliphatic rings. The molecule has 0 radical (unpaired) electrons. The monoisotopic (exact) mass is 259 g/mol. The molecule has 7 nitrogen and oxygen atoms in total. The van der Waals surface area contributed by atoms with Gasteiger partial charge in [-0.25, -0.2) is 4.68 Å². The molecule has 0 spiro atoms. The number of rotatable bonds is 3. The van der Waals surface area contributed by atoms with Crippen LogP contribution in [0.25, 0.3) is 11.4 Å². The molecular weight excluding hydrogens is 246 g/mol. The molecule has 0 saturated carbocycles. The molecular formula is C12H13N5O2. The summed E-state index contributed by atoms with van der Waals surface area (Å²) in [6, 6.07) is 5.10. The van der Waals surface area contributed by atoms with E-state index in [1.165, 1.54) is 0 Å². The van der Waals surface area contributed by atoms with Crippen LogP contribution in [-0.2, 0) is 4.79 Å². The third-order valence-corrected chi connectivity index (χ3v) is 3.22. The molecule has 98 valence electrons. The first-order valence-corrected chi connectivity index (χ1v) is 6.03. The average molecular weight is 259 g/mol. The molecule has 0 aliphatic carbocycles. The van der Waals surface area contributed by atoms with Crippen LogP contribution in [0.3, 0.4) is 0 Å². The molecule has 2 aromatic rings. The highest BCUT2D eigenvalue weighted by Gasteiger charge is 2.30. The zero-order valence-corrected chi connectivity index (χ0v) is 10.1. The van der Waals surface area contributed by atoms with E-state index in [2.05, 4.69) is 20.6 Å². The lowest BCUT2D eigenvalue weighted by Crippen LogP contribution is -2.29. The fourth-order valence-electron chi connectivity index (χ4n) is 2.19. The van der Waals surface area contributed by atoms with Gasteiger partial charge in [-0.05, 0) is 18.6 Å². The van der Waals surface area contributed by atoms with E-state index < -0.39 is 12.0 Å². The number of hydrogen-bond acceptors (Lipinski definition) is 5. The Labute approximate surface area is 109 Å². The second kappa shape index (κ2) is 4.77. The van der Waals surface area contributed by atoms with Crippen molar-refractivity contribution >= 4 is 5.97 Å². The van der Waals surface area contributed by atoms with Crippen LogP contribution < -0.4 is 5.32 Å². The predicted molar refractivity (Wildman–Crippen MR) is 66.3 cm³/mol. The molecule has 3 heterocycles. The van der Waals surface area contributed by atoms with Crippen LogP contribution in [0.2, 0.25) is 0 Å². The fourth-order valence-corrected chi connectivity index (χ4v) is 2.19. The summed E-state index contributed by atoms with van der Waals surface area (Å²) < 4.78 is 1.71. The number of aromatic nitrogens is 4. The van der Waals surface area contributed by atoms with Gasteiger partial charge in [-0.3, -0.25) is 9.78 Å². The topological polar surface area (TPSA) is 92.9 Å². The van der Waals surface area contributed by atoms with E-state index in [0.717, 1.165) is 5.69 Å². The van der Waals surface area contributed by atoms with Crippen LogP contribution >= 0.6 is 0 Å². The first kappa shape index (κ1) is 11.8. The first-order valence-electron chi connectivity index (χ1n) is 6.03. The Morgan fingerprint density at radius 3 is 3.00 bits per heavy atom. The lowest BCUT2D eigenvalue weighted by Gasteiger charge is -2.06. The van der Waals surface area contributed by atoms with E-state index in [9.17, 15) is 4.79 Å². The van der Waals surface area contributed by atoms with Crippen molar-refractivity contribution in [2.24, 2.45) is 0 Å². The highest BCUT2D eigenvalue weighted by molar-refractivity contribution is 5.73. The third kappa shape index (κ3) is 2.32. The Morgan fingerprint density at radius 1 is 1.42 bits per heavy atom. The van der Waals surface area contributed by atoms with Crippen LogP contribution in [-0.4, -0.2) is 43.6 Å². The summed E-state index contributed by atoms with van der Waals surface area (Å²) in [5.74, 6) is -0.826. The van der Waals surface area contributed by atoms with Crippen LogP contribution in [0, 0.1) is 0 Å². The number of nitrogens with zero attached hydrogens (tertiary/aromatic N) is 4. The molecule has 3 rings (SSSR count). The largest absolute Gasteiger partial charge is 0.480 e. The quantitative estimate of drug-likeness (QED) is 0.825. The molecule has 1 fully saturated rings. The minimum absolute atomic E-state index is 0.0195. The summed E-state index contributed by atoms with van der Waals surface area (Å²) >= 11 is 0. The van der Waals surface area contributed by atoms with E-state index >= 15 is 0 Å². The molecule has 2 atom stereocenters. The van der Waals surface area contributed by atoms with Crippen molar-refractivity contribution in [2.75, 3.05) is 6.54 Å². The molecule has 1 aliphatic heterocycles. The molecule has 0 unspecified atom stereocenters. The number of nitrogens with one attached hydrogen (secondary N) is 1. The highest BCUT2D eigenvalue weighted by atomic mass is 16.4. The molecule has 0 amide bonds. The summed E-state index contributed by atoms with van der Waals surface area (Å²) in [7, 11) is 0. The van der Waals surface area contributed by atoms with Gasteiger partial charge in [-0.1, -0.05) is 11.3 Å². The SMILES string of the molecule is O=C(O)[C@@H]1C[C@H](n2cc(-c3ccccn3)nn2)CN1. The van der Waals surface area contributed by atoms with Crippen LogP contribution in [0.15, 0.2) is 30.6 Å². The summed E-state index contributed by atoms with van der Waals surface area (Å²) in [6.45, 7) is 0.585. The lowest BCUT2D eigenvalue weighted by atomic mass is 10.2. The van der Waals surface area contributed by atoms with Gasteiger partial charge in [-0.15, -0.1) is 5.10 Å². The third-order valence-electron chi connectivity index (χ3n) is 3.22. The molecule has 19 heavy (non-hydrogen) atoms. The number of aliphatic carboxylic acids is 1. The van der Waals surface area contributed by atoms with Crippen molar-refractivity contribution in [1.29, 1.82) is 0 Å². The summed E-state index contributed by atoms with van der Waals surface area (Å²) in [4.78, 5) is 15.1. The zero-order chi connectivity index (χ0) is 13.2. The number of carbonyl (C=O) groups is 1. The van der Waals surface area contributed by atoms with E-state index in [-0.39, 0.29) is 6.04 Å². The Bertz CT molecular complexity index is 583. The second-order valence-corrected chi connectivity index (χ2v) is 4.49. The van der Waals surface area contributed by atoms with Gasteiger partial charge < -0.3 is 10.4 Å². The van der Waals surface area contributed by atoms with Crippen molar-refractivity contribution < 1.29 is 9.90 Å². The van der Waals surface area contributed by atoms with Gasteiger partial charge in [0.15, 0.2) is 0 Å². The van der Waals surface area contributed by atoms with Gasteiger partial charge >= 0.3 is 5.97 Å². The Balaban J connectivity index is 1.78. The summed E-state index contributed by atoms with van der Waals surface area (Å²) in [5.41, 5.74) is 1.45. The normalized spacial score (nSPS) is 22.5. The molecule has 0 bridgehead atoms. The summed E-state index contributed by atoms with van der Waals surface area (Å²) in [6.07, 6.45) is 4.02.